The molecule has 3 heterocycles. The lowest BCUT2D eigenvalue weighted by Gasteiger charge is -2.30. The summed E-state index contributed by atoms with van der Waals surface area (Å²) in [6, 6.07) is 1.63. The highest BCUT2D eigenvalue weighted by Crippen LogP contribution is 2.38. The van der Waals surface area contributed by atoms with Crippen molar-refractivity contribution in [2.24, 2.45) is 5.73 Å². The molecule has 0 spiro atoms. The average molecular weight is 550 g/mol. The first-order valence-electron chi connectivity index (χ1n) is 10.8. The van der Waals surface area contributed by atoms with Gasteiger partial charge >= 0.3 is 6.18 Å². The first kappa shape index (κ1) is 28.3. The van der Waals surface area contributed by atoms with Crippen molar-refractivity contribution in [1.82, 2.24) is 19.4 Å². The predicted octanol–water partition coefficient (Wildman–Crippen LogP) is 4.11. The minimum atomic E-state index is -4.73. The molecule has 7 nitrogen and oxygen atoms in total. The zero-order valence-corrected chi connectivity index (χ0v) is 20.2. The van der Waals surface area contributed by atoms with E-state index in [1.165, 1.54) is 30.5 Å². The number of benzene rings is 1. The first-order valence-corrected chi connectivity index (χ1v) is 10.8. The van der Waals surface area contributed by atoms with Gasteiger partial charge in [0.25, 0.3) is 0 Å². The smallest absolute Gasteiger partial charge is 0.449 e. The van der Waals surface area contributed by atoms with Gasteiger partial charge in [0.15, 0.2) is 11.6 Å². The molecule has 1 aromatic carbocycles. The molecule has 1 aliphatic heterocycles. The number of rotatable bonds is 6. The van der Waals surface area contributed by atoms with E-state index in [1.807, 2.05) is 0 Å². The van der Waals surface area contributed by atoms with Crippen LogP contribution in [0.3, 0.4) is 0 Å². The van der Waals surface area contributed by atoms with E-state index in [4.69, 9.17) is 10.5 Å². The number of imidazole rings is 1. The lowest BCUT2D eigenvalue weighted by molar-refractivity contribution is -0.148. The number of aromatic nitrogens is 3. The molecule has 2 N–H and O–H groups in total. The van der Waals surface area contributed by atoms with Crippen molar-refractivity contribution < 1.29 is 35.9 Å². The molecule has 1 atom stereocenters. The Morgan fingerprint density at radius 1 is 1.16 bits per heavy atom. The molecular formula is C23H22ClF6N5O2. The Bertz CT molecular complexity index is 1300. The number of methoxy groups -OCH3 is 1. The number of alkyl halides is 3. The Morgan fingerprint density at radius 2 is 1.86 bits per heavy atom. The summed E-state index contributed by atoms with van der Waals surface area (Å²) in [6.45, 7) is -0.402. The zero-order chi connectivity index (χ0) is 26.2. The third-order valence-electron chi connectivity index (χ3n) is 5.88. The highest BCUT2D eigenvalue weighted by molar-refractivity contribution is 5.85. The number of hydrogen-bond acceptors (Lipinski definition) is 5. The molecule has 0 saturated heterocycles. The minimum Gasteiger partial charge on any atom is -0.496 e. The van der Waals surface area contributed by atoms with Crippen molar-refractivity contribution in [2.75, 3.05) is 13.7 Å². The lowest BCUT2D eigenvalue weighted by atomic mass is 10.0. The summed E-state index contributed by atoms with van der Waals surface area (Å²) in [7, 11) is 1.36. The minimum absolute atomic E-state index is 0. The number of halogens is 7. The maximum absolute atomic E-state index is 13.9. The van der Waals surface area contributed by atoms with Crippen LogP contribution in [0.5, 0.6) is 5.75 Å². The SMILES string of the molecule is COc1ccncc1-c1nc(C(F)(F)F)n2c1CN(C(=O)C[C@H](N)Cc1cc(F)c(F)cc1F)CC2.Cl. The first-order chi connectivity index (χ1) is 17.0. The van der Waals surface area contributed by atoms with Crippen LogP contribution in [-0.2, 0) is 30.5 Å². The Hall–Kier alpha value is -3.32. The van der Waals surface area contributed by atoms with Gasteiger partial charge in [-0.15, -0.1) is 12.4 Å². The molecule has 3 aromatic rings. The Kier molecular flexibility index (Phi) is 8.38. The number of nitrogens with two attached hydrogens (primary N) is 1. The van der Waals surface area contributed by atoms with E-state index in [-0.39, 0.29) is 73.1 Å². The second-order valence-corrected chi connectivity index (χ2v) is 8.30. The van der Waals surface area contributed by atoms with Crippen molar-refractivity contribution in [3.63, 3.8) is 0 Å². The van der Waals surface area contributed by atoms with E-state index in [0.717, 1.165) is 4.57 Å². The van der Waals surface area contributed by atoms with Crippen molar-refractivity contribution in [3.05, 3.63) is 65.1 Å². The molecule has 2 aromatic heterocycles. The van der Waals surface area contributed by atoms with Crippen molar-refractivity contribution in [2.45, 2.75) is 38.1 Å². The van der Waals surface area contributed by atoms with Crippen LogP contribution in [0.1, 0.15) is 23.5 Å². The molecule has 0 unspecified atom stereocenters. The summed E-state index contributed by atoms with van der Waals surface area (Å²) in [5, 5.41) is 0. The third-order valence-corrected chi connectivity index (χ3v) is 5.88. The average Bonchev–Trinajstić information content (AvgIpc) is 3.21. The lowest BCUT2D eigenvalue weighted by Crippen LogP contribution is -2.42. The molecule has 14 heteroatoms. The molecule has 0 bridgehead atoms. The van der Waals surface area contributed by atoms with Crippen LogP contribution in [0.2, 0.25) is 0 Å². The van der Waals surface area contributed by atoms with Gasteiger partial charge in [0.05, 0.1) is 30.6 Å². The van der Waals surface area contributed by atoms with E-state index in [0.29, 0.717) is 12.1 Å². The van der Waals surface area contributed by atoms with E-state index in [1.54, 1.807) is 0 Å². The van der Waals surface area contributed by atoms with E-state index >= 15 is 0 Å². The monoisotopic (exact) mass is 549 g/mol. The number of hydrogen-bond donors (Lipinski definition) is 1. The Labute approximate surface area is 213 Å². The van der Waals surface area contributed by atoms with Gasteiger partial charge in [0.1, 0.15) is 11.6 Å². The van der Waals surface area contributed by atoms with Crippen molar-refractivity contribution >= 4 is 18.3 Å². The highest BCUT2D eigenvalue weighted by Gasteiger charge is 2.41. The topological polar surface area (TPSA) is 86.3 Å². The fourth-order valence-electron chi connectivity index (χ4n) is 4.18. The maximum atomic E-state index is 13.9. The second-order valence-electron chi connectivity index (χ2n) is 8.30. The third kappa shape index (κ3) is 5.82. The Morgan fingerprint density at radius 3 is 2.54 bits per heavy atom. The van der Waals surface area contributed by atoms with Gasteiger partial charge in [-0.1, -0.05) is 0 Å². The summed E-state index contributed by atoms with van der Waals surface area (Å²) >= 11 is 0. The molecule has 37 heavy (non-hydrogen) atoms. The van der Waals surface area contributed by atoms with Crippen LogP contribution in [0, 0.1) is 17.5 Å². The number of ether oxygens (including phenoxy) is 1. The number of amides is 1. The van der Waals surface area contributed by atoms with Crippen LogP contribution >= 0.6 is 12.4 Å². The Balaban J connectivity index is 0.00000380. The van der Waals surface area contributed by atoms with Crippen LogP contribution in [0.4, 0.5) is 26.3 Å². The van der Waals surface area contributed by atoms with E-state index in [2.05, 4.69) is 9.97 Å². The van der Waals surface area contributed by atoms with Gasteiger partial charge in [-0.05, 0) is 24.1 Å². The molecule has 1 aliphatic rings. The van der Waals surface area contributed by atoms with Crippen molar-refractivity contribution in [1.29, 1.82) is 0 Å². The van der Waals surface area contributed by atoms with Gasteiger partial charge in [-0.25, -0.2) is 18.2 Å². The number of carbonyl (C=O) groups excluding carboxylic acids is 1. The van der Waals surface area contributed by atoms with Crippen LogP contribution in [0.25, 0.3) is 11.3 Å². The largest absolute Gasteiger partial charge is 0.496 e. The summed E-state index contributed by atoms with van der Waals surface area (Å²) < 4.78 is 87.9. The van der Waals surface area contributed by atoms with Gasteiger partial charge in [0, 0.05) is 44.0 Å². The highest BCUT2D eigenvalue weighted by atomic mass is 35.5. The van der Waals surface area contributed by atoms with Gasteiger partial charge in [-0.3, -0.25) is 9.78 Å². The summed E-state index contributed by atoms with van der Waals surface area (Å²) in [5.74, 6) is -4.91. The molecule has 1 amide bonds. The van der Waals surface area contributed by atoms with Crippen molar-refractivity contribution in [3.8, 4) is 17.0 Å². The number of carbonyl (C=O) groups is 1. The van der Waals surface area contributed by atoms with Gasteiger partial charge in [0.2, 0.25) is 11.7 Å². The summed E-state index contributed by atoms with van der Waals surface area (Å²) in [4.78, 5) is 22.0. The molecule has 4 rings (SSSR count). The predicted molar refractivity (Wildman–Crippen MR) is 122 cm³/mol. The summed E-state index contributed by atoms with van der Waals surface area (Å²) in [5.41, 5.74) is 6.14. The van der Waals surface area contributed by atoms with Crippen LogP contribution < -0.4 is 10.5 Å². The summed E-state index contributed by atoms with van der Waals surface area (Å²) in [6.07, 6.45) is -2.51. The van der Waals surface area contributed by atoms with Gasteiger partial charge < -0.3 is 19.9 Å². The number of fused-ring (bicyclic) bond motifs is 1. The quantitative estimate of drug-likeness (QED) is 0.369. The molecule has 0 radical (unpaired) electrons. The maximum Gasteiger partial charge on any atom is 0.449 e. The molecule has 0 aliphatic carbocycles. The molecular weight excluding hydrogens is 528 g/mol. The molecule has 200 valence electrons. The standard InChI is InChI=1S/C23H21F6N5O2.ClH/c1-36-19-2-3-31-10-14(19)21-18-11-33(4-5-34(18)22(32-21)23(27,28)29)20(35)8-13(30)6-12-7-16(25)17(26)9-15(12)24;/h2-3,7,9-10,13H,4-6,8,11,30H2,1H3;1H/t13-;/m1./s1. The van der Waals surface area contributed by atoms with E-state index < -0.39 is 41.4 Å². The fraction of sp³-hybridized carbons (Fsp3) is 0.348. The normalized spacial score (nSPS) is 14.1. The zero-order valence-electron chi connectivity index (χ0n) is 19.4. The fourth-order valence-corrected chi connectivity index (χ4v) is 4.18. The molecule has 0 fully saturated rings. The number of nitrogens with zero attached hydrogens (tertiary/aromatic N) is 4. The van der Waals surface area contributed by atoms with Gasteiger partial charge in [-0.2, -0.15) is 13.2 Å². The second kappa shape index (κ2) is 11.0. The molecule has 0 saturated carbocycles. The van der Waals surface area contributed by atoms with Crippen LogP contribution in [0.15, 0.2) is 30.6 Å². The van der Waals surface area contributed by atoms with Crippen LogP contribution in [-0.4, -0.2) is 45.0 Å². The number of pyridine rings is 1. The van der Waals surface area contributed by atoms with E-state index in [9.17, 15) is 31.1 Å².